The molecule has 22 heavy (non-hydrogen) atoms. The molecule has 0 aliphatic rings. The lowest BCUT2D eigenvalue weighted by Gasteiger charge is -2.28. The highest BCUT2D eigenvalue weighted by atomic mass is 16.3. The molecule has 0 fully saturated rings. The topological polar surface area (TPSA) is 52.5 Å². The number of aliphatic hydroxyl groups is 1. The number of nitrogens with one attached hydrogen (secondary N) is 1. The highest BCUT2D eigenvalue weighted by molar-refractivity contribution is 5.27. The average molecular weight is 299 g/mol. The van der Waals surface area contributed by atoms with Gasteiger partial charge in [-0.25, -0.2) is 0 Å². The van der Waals surface area contributed by atoms with Crippen molar-refractivity contribution in [1.29, 1.82) is 0 Å². The first-order valence-electron chi connectivity index (χ1n) is 7.72. The van der Waals surface area contributed by atoms with Gasteiger partial charge in [-0.1, -0.05) is 42.5 Å². The standard InChI is InChI=1S/C19H25NO2/c1-19(2,13-12-15-6-4-3-5-7-15)20-14-18(22)16-8-10-17(21)11-9-16/h3-11,18,20-22H,12-14H2,1-2H3/t18-/m0/s1. The predicted molar refractivity (Wildman–Crippen MR) is 89.9 cm³/mol. The summed E-state index contributed by atoms with van der Waals surface area (Å²) < 4.78 is 0. The van der Waals surface area contributed by atoms with Crippen LogP contribution in [0.3, 0.4) is 0 Å². The molecule has 0 heterocycles. The van der Waals surface area contributed by atoms with Crippen molar-refractivity contribution in [3.63, 3.8) is 0 Å². The molecule has 0 spiro atoms. The molecule has 0 radical (unpaired) electrons. The number of aliphatic hydroxyl groups excluding tert-OH is 1. The summed E-state index contributed by atoms with van der Waals surface area (Å²) in [6.07, 6.45) is 1.44. The smallest absolute Gasteiger partial charge is 0.115 e. The van der Waals surface area contributed by atoms with Gasteiger partial charge in [0.05, 0.1) is 6.10 Å². The van der Waals surface area contributed by atoms with Gasteiger partial charge >= 0.3 is 0 Å². The molecule has 2 aromatic rings. The quantitative estimate of drug-likeness (QED) is 0.734. The van der Waals surface area contributed by atoms with Gasteiger partial charge in [0.15, 0.2) is 0 Å². The van der Waals surface area contributed by atoms with E-state index in [-0.39, 0.29) is 11.3 Å². The maximum absolute atomic E-state index is 10.2. The minimum Gasteiger partial charge on any atom is -0.508 e. The van der Waals surface area contributed by atoms with E-state index in [2.05, 4.69) is 43.4 Å². The summed E-state index contributed by atoms with van der Waals surface area (Å²) >= 11 is 0. The van der Waals surface area contributed by atoms with Crippen molar-refractivity contribution in [3.8, 4) is 5.75 Å². The molecular weight excluding hydrogens is 274 g/mol. The summed E-state index contributed by atoms with van der Waals surface area (Å²) in [6.45, 7) is 4.80. The first-order valence-corrected chi connectivity index (χ1v) is 7.72. The lowest BCUT2D eigenvalue weighted by atomic mass is 9.94. The van der Waals surface area contributed by atoms with Crippen LogP contribution >= 0.6 is 0 Å². The Morgan fingerprint density at radius 3 is 2.27 bits per heavy atom. The Bertz CT molecular complexity index is 564. The second kappa shape index (κ2) is 7.43. The molecule has 3 heteroatoms. The molecular formula is C19H25NO2. The van der Waals surface area contributed by atoms with Crippen LogP contribution in [-0.2, 0) is 6.42 Å². The number of benzene rings is 2. The number of hydrogen-bond acceptors (Lipinski definition) is 3. The fourth-order valence-corrected chi connectivity index (χ4v) is 2.38. The molecule has 2 rings (SSSR count). The van der Waals surface area contributed by atoms with E-state index < -0.39 is 6.10 Å². The minimum absolute atomic E-state index is 0.0479. The average Bonchev–Trinajstić information content (AvgIpc) is 2.53. The number of hydrogen-bond donors (Lipinski definition) is 3. The molecule has 118 valence electrons. The minimum atomic E-state index is -0.573. The molecule has 0 aliphatic carbocycles. The zero-order valence-electron chi connectivity index (χ0n) is 13.3. The van der Waals surface area contributed by atoms with Crippen LogP contribution < -0.4 is 5.32 Å². The van der Waals surface area contributed by atoms with Crippen LogP contribution in [0.2, 0.25) is 0 Å². The van der Waals surface area contributed by atoms with Gasteiger partial charge in [0.2, 0.25) is 0 Å². The van der Waals surface area contributed by atoms with Crippen molar-refractivity contribution in [2.24, 2.45) is 0 Å². The summed E-state index contributed by atoms with van der Waals surface area (Å²) in [6, 6.07) is 17.1. The monoisotopic (exact) mass is 299 g/mol. The van der Waals surface area contributed by atoms with E-state index >= 15 is 0 Å². The third-order valence-electron chi connectivity index (χ3n) is 3.93. The van der Waals surface area contributed by atoms with Gasteiger partial charge in [-0.15, -0.1) is 0 Å². The van der Waals surface area contributed by atoms with Crippen LogP contribution in [-0.4, -0.2) is 22.3 Å². The first kappa shape index (κ1) is 16.5. The molecule has 0 bridgehead atoms. The van der Waals surface area contributed by atoms with Crippen molar-refractivity contribution in [2.45, 2.75) is 38.3 Å². The summed E-state index contributed by atoms with van der Waals surface area (Å²) in [5, 5.41) is 22.9. The molecule has 0 aromatic heterocycles. The van der Waals surface area contributed by atoms with Gasteiger partial charge < -0.3 is 15.5 Å². The Labute approximate surface area is 132 Å². The SMILES string of the molecule is CC(C)(CCc1ccccc1)NC[C@H](O)c1ccc(O)cc1. The Hall–Kier alpha value is -1.84. The molecule has 0 amide bonds. The number of aromatic hydroxyl groups is 1. The van der Waals surface area contributed by atoms with E-state index in [1.54, 1.807) is 24.3 Å². The van der Waals surface area contributed by atoms with Crippen molar-refractivity contribution < 1.29 is 10.2 Å². The molecule has 2 aromatic carbocycles. The Morgan fingerprint density at radius 2 is 1.64 bits per heavy atom. The normalized spacial score (nSPS) is 13.0. The largest absolute Gasteiger partial charge is 0.508 e. The van der Waals surface area contributed by atoms with Crippen molar-refractivity contribution in [2.75, 3.05) is 6.54 Å². The summed E-state index contributed by atoms with van der Waals surface area (Å²) in [5.41, 5.74) is 2.09. The van der Waals surface area contributed by atoms with Crippen LogP contribution in [0.1, 0.15) is 37.5 Å². The number of rotatable bonds is 7. The first-order chi connectivity index (χ1) is 10.5. The summed E-state index contributed by atoms with van der Waals surface area (Å²) in [7, 11) is 0. The molecule has 3 nitrogen and oxygen atoms in total. The summed E-state index contributed by atoms with van der Waals surface area (Å²) in [5.74, 6) is 0.215. The summed E-state index contributed by atoms with van der Waals surface area (Å²) in [4.78, 5) is 0. The van der Waals surface area contributed by atoms with Gasteiger partial charge in [0.25, 0.3) is 0 Å². The highest BCUT2D eigenvalue weighted by Crippen LogP contribution is 2.18. The van der Waals surface area contributed by atoms with Gasteiger partial charge in [0.1, 0.15) is 5.75 Å². The Balaban J connectivity index is 1.82. The molecule has 0 aliphatic heterocycles. The Kier molecular flexibility index (Phi) is 5.58. The fourth-order valence-electron chi connectivity index (χ4n) is 2.38. The van der Waals surface area contributed by atoms with E-state index in [9.17, 15) is 10.2 Å². The van der Waals surface area contributed by atoms with Crippen molar-refractivity contribution >= 4 is 0 Å². The number of aryl methyl sites for hydroxylation is 1. The molecule has 0 saturated carbocycles. The van der Waals surface area contributed by atoms with Crippen LogP contribution in [0.25, 0.3) is 0 Å². The second-order valence-corrected chi connectivity index (χ2v) is 6.36. The predicted octanol–water partition coefficient (Wildman–Crippen LogP) is 3.43. The highest BCUT2D eigenvalue weighted by Gasteiger charge is 2.19. The van der Waals surface area contributed by atoms with E-state index in [1.165, 1.54) is 5.56 Å². The van der Waals surface area contributed by atoms with E-state index in [0.717, 1.165) is 18.4 Å². The third-order valence-corrected chi connectivity index (χ3v) is 3.93. The fraction of sp³-hybridized carbons (Fsp3) is 0.368. The number of phenolic OH excluding ortho intramolecular Hbond substituents is 1. The van der Waals surface area contributed by atoms with E-state index in [4.69, 9.17) is 0 Å². The molecule has 0 saturated heterocycles. The van der Waals surface area contributed by atoms with Gasteiger partial charge in [-0.05, 0) is 49.9 Å². The van der Waals surface area contributed by atoms with Crippen LogP contribution in [0.5, 0.6) is 5.75 Å². The lowest BCUT2D eigenvalue weighted by Crippen LogP contribution is -2.41. The van der Waals surface area contributed by atoms with E-state index in [1.807, 2.05) is 6.07 Å². The van der Waals surface area contributed by atoms with Crippen LogP contribution in [0.4, 0.5) is 0 Å². The molecule has 3 N–H and O–H groups in total. The second-order valence-electron chi connectivity index (χ2n) is 6.36. The van der Waals surface area contributed by atoms with Crippen LogP contribution in [0, 0.1) is 0 Å². The zero-order valence-corrected chi connectivity index (χ0v) is 13.3. The molecule has 0 unspecified atom stereocenters. The number of β-amino-alcohol motifs (C(OH)–C–C–N with tert-alkyl or cyclic N) is 1. The maximum Gasteiger partial charge on any atom is 0.115 e. The van der Waals surface area contributed by atoms with Crippen LogP contribution in [0.15, 0.2) is 54.6 Å². The zero-order chi connectivity index (χ0) is 16.0. The van der Waals surface area contributed by atoms with Crippen molar-refractivity contribution in [3.05, 3.63) is 65.7 Å². The Morgan fingerprint density at radius 1 is 1.00 bits per heavy atom. The molecule has 1 atom stereocenters. The lowest BCUT2D eigenvalue weighted by molar-refractivity contribution is 0.159. The van der Waals surface area contributed by atoms with Crippen molar-refractivity contribution in [1.82, 2.24) is 5.32 Å². The van der Waals surface area contributed by atoms with Gasteiger partial charge in [-0.3, -0.25) is 0 Å². The third kappa shape index (κ3) is 5.17. The van der Waals surface area contributed by atoms with Gasteiger partial charge in [0, 0.05) is 12.1 Å². The van der Waals surface area contributed by atoms with E-state index in [0.29, 0.717) is 6.54 Å². The number of phenols is 1. The maximum atomic E-state index is 10.2. The van der Waals surface area contributed by atoms with Gasteiger partial charge in [-0.2, -0.15) is 0 Å².